The van der Waals surface area contributed by atoms with E-state index in [1.807, 2.05) is 0 Å². The number of rotatable bonds is 6. The van der Waals surface area contributed by atoms with Crippen molar-refractivity contribution >= 4 is 17.7 Å². The van der Waals surface area contributed by atoms with Crippen LogP contribution in [-0.2, 0) is 19.1 Å². The second kappa shape index (κ2) is 8.03. The standard InChI is InChI=1S/C22H23N3O5/c1-4-30-21(28)22(12-23)17-9-8-15(13(2)26)11-25(17)19(20(24)27)18(22)14-6-5-7-16(10-14)29-3/h5-11,17-19H,4H2,1-3H3,(H2,24,27)/t17-,18-,19+,22+/m1/s1. The molecule has 0 bridgehead atoms. The molecule has 2 heterocycles. The summed E-state index contributed by atoms with van der Waals surface area (Å²) >= 11 is 0. The Kier molecular flexibility index (Phi) is 5.65. The number of esters is 1. The number of carbonyl (C=O) groups excluding carboxylic acids is 3. The summed E-state index contributed by atoms with van der Waals surface area (Å²) in [5.41, 5.74) is 4.89. The summed E-state index contributed by atoms with van der Waals surface area (Å²) in [5, 5.41) is 10.3. The van der Waals surface area contributed by atoms with E-state index in [1.165, 1.54) is 25.1 Å². The molecule has 1 aromatic rings. The molecule has 1 amide bonds. The number of benzene rings is 1. The van der Waals surface area contributed by atoms with Gasteiger partial charge in [-0.1, -0.05) is 24.3 Å². The molecule has 8 nitrogen and oxygen atoms in total. The van der Waals surface area contributed by atoms with Crippen molar-refractivity contribution in [2.75, 3.05) is 13.7 Å². The number of carbonyl (C=O) groups is 3. The van der Waals surface area contributed by atoms with Gasteiger partial charge in [-0.15, -0.1) is 0 Å². The number of methoxy groups -OCH3 is 1. The lowest BCUT2D eigenvalue weighted by molar-refractivity contribution is -0.153. The number of primary amides is 1. The predicted molar refractivity (Wildman–Crippen MR) is 107 cm³/mol. The van der Waals surface area contributed by atoms with Crippen molar-refractivity contribution in [2.45, 2.75) is 31.8 Å². The minimum Gasteiger partial charge on any atom is -0.497 e. The molecule has 4 atom stereocenters. The smallest absolute Gasteiger partial charge is 0.329 e. The van der Waals surface area contributed by atoms with Crippen LogP contribution in [0.5, 0.6) is 5.75 Å². The fourth-order valence-electron chi connectivity index (χ4n) is 4.30. The van der Waals surface area contributed by atoms with Crippen molar-refractivity contribution in [3.63, 3.8) is 0 Å². The van der Waals surface area contributed by atoms with Crippen molar-refractivity contribution in [1.82, 2.24) is 4.90 Å². The van der Waals surface area contributed by atoms with Gasteiger partial charge in [0.2, 0.25) is 5.91 Å². The van der Waals surface area contributed by atoms with Crippen LogP contribution in [0.1, 0.15) is 25.3 Å². The normalized spacial score (nSPS) is 26.9. The van der Waals surface area contributed by atoms with E-state index < -0.39 is 35.3 Å². The number of nitrogens with two attached hydrogens (primary N) is 1. The van der Waals surface area contributed by atoms with Crippen LogP contribution in [0.2, 0.25) is 0 Å². The Bertz CT molecular complexity index is 993. The van der Waals surface area contributed by atoms with E-state index in [1.54, 1.807) is 43.3 Å². The monoisotopic (exact) mass is 409 g/mol. The van der Waals surface area contributed by atoms with Gasteiger partial charge in [0.25, 0.3) is 0 Å². The minimum absolute atomic E-state index is 0.0688. The fraction of sp³-hybridized carbons (Fsp3) is 0.364. The second-order valence-electron chi connectivity index (χ2n) is 7.19. The van der Waals surface area contributed by atoms with E-state index >= 15 is 0 Å². The molecule has 0 spiro atoms. The molecule has 1 aromatic carbocycles. The topological polar surface area (TPSA) is 123 Å². The van der Waals surface area contributed by atoms with Crippen LogP contribution in [0.4, 0.5) is 0 Å². The molecule has 30 heavy (non-hydrogen) atoms. The second-order valence-corrected chi connectivity index (χ2v) is 7.19. The SMILES string of the molecule is CCOC(=O)[C@]1(C#N)[C@H](c2cccc(OC)c2)[C@@H](C(N)=O)N2C=C(C(C)=O)C=C[C@@H]21. The summed E-state index contributed by atoms with van der Waals surface area (Å²) in [6, 6.07) is 7.08. The summed E-state index contributed by atoms with van der Waals surface area (Å²) in [6.45, 7) is 3.11. The molecule has 2 aliphatic rings. The Morgan fingerprint density at radius 1 is 1.33 bits per heavy atom. The van der Waals surface area contributed by atoms with Crippen molar-refractivity contribution in [3.05, 3.63) is 53.8 Å². The van der Waals surface area contributed by atoms with Gasteiger partial charge in [0.15, 0.2) is 11.2 Å². The third kappa shape index (κ3) is 3.12. The molecule has 3 rings (SSSR count). The summed E-state index contributed by atoms with van der Waals surface area (Å²) in [6.07, 6.45) is 4.64. The number of ether oxygens (including phenoxy) is 2. The molecule has 0 unspecified atom stereocenters. The number of hydrogen-bond acceptors (Lipinski definition) is 7. The highest BCUT2D eigenvalue weighted by atomic mass is 16.5. The fourth-order valence-corrected chi connectivity index (χ4v) is 4.30. The van der Waals surface area contributed by atoms with Crippen LogP contribution in [0.15, 0.2) is 48.2 Å². The first-order valence-electron chi connectivity index (χ1n) is 9.51. The lowest BCUT2D eigenvalue weighted by Crippen LogP contribution is -2.45. The minimum atomic E-state index is -1.75. The molecule has 2 aliphatic heterocycles. The molecule has 0 aliphatic carbocycles. The molecular formula is C22H23N3O5. The number of ketones is 1. The van der Waals surface area contributed by atoms with E-state index in [4.69, 9.17) is 15.2 Å². The highest BCUT2D eigenvalue weighted by Crippen LogP contribution is 2.54. The maximum absolute atomic E-state index is 13.2. The van der Waals surface area contributed by atoms with Gasteiger partial charge >= 0.3 is 5.97 Å². The summed E-state index contributed by atoms with van der Waals surface area (Å²) < 4.78 is 10.6. The Morgan fingerprint density at radius 2 is 2.07 bits per heavy atom. The number of hydrogen-bond donors (Lipinski definition) is 1. The summed E-state index contributed by atoms with van der Waals surface area (Å²) in [4.78, 5) is 39.3. The van der Waals surface area contributed by atoms with Gasteiger partial charge in [0.05, 0.1) is 25.8 Å². The molecular weight excluding hydrogens is 386 g/mol. The number of fused-ring (bicyclic) bond motifs is 1. The van der Waals surface area contributed by atoms with Gasteiger partial charge < -0.3 is 20.1 Å². The molecule has 156 valence electrons. The zero-order valence-electron chi connectivity index (χ0n) is 17.0. The van der Waals surface area contributed by atoms with Gasteiger partial charge in [-0.05, 0) is 31.5 Å². The third-order valence-corrected chi connectivity index (χ3v) is 5.61. The summed E-state index contributed by atoms with van der Waals surface area (Å²) in [5.74, 6) is -2.11. The molecule has 0 saturated carbocycles. The Hall–Kier alpha value is -3.60. The first-order valence-corrected chi connectivity index (χ1v) is 9.51. The van der Waals surface area contributed by atoms with E-state index in [0.29, 0.717) is 16.9 Å². The molecule has 8 heteroatoms. The van der Waals surface area contributed by atoms with Crippen LogP contribution >= 0.6 is 0 Å². The first kappa shape index (κ1) is 21.1. The lowest BCUT2D eigenvalue weighted by Gasteiger charge is -2.32. The van der Waals surface area contributed by atoms with E-state index in [2.05, 4.69) is 6.07 Å². The van der Waals surface area contributed by atoms with Crippen molar-refractivity contribution in [1.29, 1.82) is 5.26 Å². The van der Waals surface area contributed by atoms with E-state index in [-0.39, 0.29) is 12.4 Å². The van der Waals surface area contributed by atoms with Crippen molar-refractivity contribution in [2.24, 2.45) is 11.1 Å². The zero-order valence-corrected chi connectivity index (χ0v) is 17.0. The average molecular weight is 409 g/mol. The van der Waals surface area contributed by atoms with Gasteiger partial charge in [-0.2, -0.15) is 5.26 Å². The Morgan fingerprint density at radius 3 is 2.63 bits per heavy atom. The number of allylic oxidation sites excluding steroid dienone is 2. The van der Waals surface area contributed by atoms with Gasteiger partial charge in [-0.3, -0.25) is 14.4 Å². The van der Waals surface area contributed by atoms with Crippen molar-refractivity contribution in [3.8, 4) is 11.8 Å². The van der Waals surface area contributed by atoms with Gasteiger partial charge in [0.1, 0.15) is 11.8 Å². The van der Waals surface area contributed by atoms with Crippen LogP contribution in [0.25, 0.3) is 0 Å². The molecule has 0 radical (unpaired) electrons. The molecule has 1 fully saturated rings. The highest BCUT2D eigenvalue weighted by Gasteiger charge is 2.66. The maximum Gasteiger partial charge on any atom is 0.329 e. The number of nitrogens with zero attached hydrogens (tertiary/aromatic N) is 2. The first-order chi connectivity index (χ1) is 14.3. The van der Waals surface area contributed by atoms with Crippen LogP contribution in [0.3, 0.4) is 0 Å². The predicted octanol–water partition coefficient (Wildman–Crippen LogP) is 1.43. The van der Waals surface area contributed by atoms with Crippen LogP contribution < -0.4 is 10.5 Å². The highest BCUT2D eigenvalue weighted by molar-refractivity contribution is 5.97. The third-order valence-electron chi connectivity index (χ3n) is 5.61. The van der Waals surface area contributed by atoms with Crippen LogP contribution in [0, 0.1) is 16.7 Å². The quantitative estimate of drug-likeness (QED) is 0.705. The maximum atomic E-state index is 13.2. The van der Waals surface area contributed by atoms with Crippen LogP contribution in [-0.4, -0.2) is 48.4 Å². The Labute approximate surface area is 174 Å². The van der Waals surface area contributed by atoms with Gasteiger partial charge in [0, 0.05) is 17.7 Å². The van der Waals surface area contributed by atoms with E-state index in [9.17, 15) is 19.6 Å². The number of nitriles is 1. The summed E-state index contributed by atoms with van der Waals surface area (Å²) in [7, 11) is 1.50. The number of Topliss-reactive ketones (excluding diaryl/α,β-unsaturated/α-hetero) is 1. The Balaban J connectivity index is 2.30. The number of amides is 1. The van der Waals surface area contributed by atoms with Crippen molar-refractivity contribution < 1.29 is 23.9 Å². The molecule has 1 saturated heterocycles. The zero-order chi connectivity index (χ0) is 22.1. The lowest BCUT2D eigenvalue weighted by atomic mass is 9.68. The largest absolute Gasteiger partial charge is 0.497 e. The molecule has 0 aromatic heterocycles. The average Bonchev–Trinajstić information content (AvgIpc) is 3.04. The van der Waals surface area contributed by atoms with E-state index in [0.717, 1.165) is 0 Å². The van der Waals surface area contributed by atoms with Gasteiger partial charge in [-0.25, -0.2) is 0 Å². The molecule has 2 N–H and O–H groups in total.